The zero-order valence-electron chi connectivity index (χ0n) is 15.5. The molecule has 1 aromatic carbocycles. The van der Waals surface area contributed by atoms with E-state index in [1.807, 2.05) is 24.3 Å². The van der Waals surface area contributed by atoms with Gasteiger partial charge in [-0.05, 0) is 53.8 Å². The number of hydrogen-bond donors (Lipinski definition) is 2. The molecule has 0 aliphatic heterocycles. The van der Waals surface area contributed by atoms with Crippen LogP contribution in [0.25, 0.3) is 0 Å². The summed E-state index contributed by atoms with van der Waals surface area (Å²) in [7, 11) is 0. The molecule has 0 spiro atoms. The van der Waals surface area contributed by atoms with Crippen LogP contribution >= 0.6 is 0 Å². The van der Waals surface area contributed by atoms with Gasteiger partial charge in [0.25, 0.3) is 0 Å². The van der Waals surface area contributed by atoms with Gasteiger partial charge in [0.2, 0.25) is 5.91 Å². The van der Waals surface area contributed by atoms with Crippen LogP contribution in [0.3, 0.4) is 0 Å². The molecule has 2 N–H and O–H groups in total. The molecular formula is C22H23FN4O. The summed E-state index contributed by atoms with van der Waals surface area (Å²) in [4.78, 5) is 20.9. The number of benzene rings is 1. The molecular weight excluding hydrogens is 355 g/mol. The topological polar surface area (TPSA) is 66.9 Å². The van der Waals surface area contributed by atoms with Crippen LogP contribution in [0.1, 0.15) is 22.7 Å². The molecule has 2 heterocycles. The van der Waals surface area contributed by atoms with Crippen molar-refractivity contribution in [2.75, 3.05) is 13.1 Å². The zero-order chi connectivity index (χ0) is 19.6. The third kappa shape index (κ3) is 5.96. The Hall–Kier alpha value is -3.12. The van der Waals surface area contributed by atoms with E-state index in [-0.39, 0.29) is 11.7 Å². The highest BCUT2D eigenvalue weighted by molar-refractivity contribution is 5.83. The Morgan fingerprint density at radius 1 is 0.929 bits per heavy atom. The van der Waals surface area contributed by atoms with E-state index in [9.17, 15) is 9.18 Å². The molecule has 144 valence electrons. The van der Waals surface area contributed by atoms with Crippen LogP contribution < -0.4 is 10.6 Å². The second-order valence-electron chi connectivity index (χ2n) is 6.46. The first kappa shape index (κ1) is 19.6. The molecule has 0 aliphatic rings. The Kier molecular flexibility index (Phi) is 7.21. The van der Waals surface area contributed by atoms with E-state index >= 15 is 0 Å². The molecule has 0 radical (unpaired) electrons. The Morgan fingerprint density at radius 3 is 2.21 bits per heavy atom. The van der Waals surface area contributed by atoms with Gasteiger partial charge in [-0.15, -0.1) is 0 Å². The average Bonchev–Trinajstić information content (AvgIpc) is 2.72. The summed E-state index contributed by atoms with van der Waals surface area (Å²) in [6, 6.07) is 13.2. The summed E-state index contributed by atoms with van der Waals surface area (Å²) in [5.41, 5.74) is 2.73. The number of amides is 1. The standard InChI is InChI=1S/C22H23FN4O/c23-20-7-1-6-19(14-20)21(26-12-8-17-4-2-10-24-15-17)22(28)27-13-9-18-5-3-11-25-16-18/h1-7,10-11,14-16,21,26H,8-9,12-13H2,(H,27,28). The maximum atomic E-state index is 13.7. The van der Waals surface area contributed by atoms with Crippen molar-refractivity contribution in [2.24, 2.45) is 0 Å². The summed E-state index contributed by atoms with van der Waals surface area (Å²) in [5.74, 6) is -0.541. The number of nitrogens with zero attached hydrogens (tertiary/aromatic N) is 2. The van der Waals surface area contributed by atoms with Crippen molar-refractivity contribution < 1.29 is 9.18 Å². The lowest BCUT2D eigenvalue weighted by Gasteiger charge is -2.19. The number of carbonyl (C=O) groups excluding carboxylic acids is 1. The normalized spacial score (nSPS) is 11.8. The first-order chi connectivity index (χ1) is 13.7. The van der Waals surface area contributed by atoms with Gasteiger partial charge < -0.3 is 10.6 Å². The number of aromatic nitrogens is 2. The fraction of sp³-hybridized carbons (Fsp3) is 0.227. The predicted octanol–water partition coefficient (Wildman–Crippen LogP) is 2.85. The predicted molar refractivity (Wildman–Crippen MR) is 106 cm³/mol. The maximum Gasteiger partial charge on any atom is 0.241 e. The molecule has 28 heavy (non-hydrogen) atoms. The molecule has 3 rings (SSSR count). The van der Waals surface area contributed by atoms with Gasteiger partial charge in [-0.3, -0.25) is 14.8 Å². The molecule has 1 amide bonds. The Balaban J connectivity index is 1.60. The highest BCUT2D eigenvalue weighted by atomic mass is 19.1. The van der Waals surface area contributed by atoms with E-state index in [1.54, 1.807) is 36.9 Å². The lowest BCUT2D eigenvalue weighted by molar-refractivity contribution is -0.123. The van der Waals surface area contributed by atoms with Crippen LogP contribution in [0.4, 0.5) is 4.39 Å². The van der Waals surface area contributed by atoms with Gasteiger partial charge in [-0.25, -0.2) is 4.39 Å². The Morgan fingerprint density at radius 2 is 1.61 bits per heavy atom. The highest BCUT2D eigenvalue weighted by Crippen LogP contribution is 2.15. The van der Waals surface area contributed by atoms with Gasteiger partial charge >= 0.3 is 0 Å². The molecule has 6 heteroatoms. The summed E-state index contributed by atoms with van der Waals surface area (Å²) in [6.45, 7) is 1.06. The van der Waals surface area contributed by atoms with E-state index in [4.69, 9.17) is 0 Å². The van der Waals surface area contributed by atoms with Crippen molar-refractivity contribution in [3.8, 4) is 0 Å². The molecule has 3 aromatic rings. The number of hydrogen-bond acceptors (Lipinski definition) is 4. The van der Waals surface area contributed by atoms with E-state index in [0.29, 0.717) is 25.1 Å². The van der Waals surface area contributed by atoms with Crippen molar-refractivity contribution >= 4 is 5.91 Å². The number of rotatable bonds is 9. The average molecular weight is 378 g/mol. The smallest absolute Gasteiger partial charge is 0.241 e. The van der Waals surface area contributed by atoms with Crippen LogP contribution in [-0.4, -0.2) is 29.0 Å². The SMILES string of the molecule is O=C(NCCc1cccnc1)C(NCCc1cccnc1)c1cccc(F)c1. The van der Waals surface area contributed by atoms with E-state index in [0.717, 1.165) is 17.5 Å². The molecule has 2 aromatic heterocycles. The second-order valence-corrected chi connectivity index (χ2v) is 6.46. The van der Waals surface area contributed by atoms with E-state index in [2.05, 4.69) is 20.6 Å². The minimum atomic E-state index is -0.624. The van der Waals surface area contributed by atoms with Crippen molar-refractivity contribution in [1.82, 2.24) is 20.6 Å². The molecule has 0 aliphatic carbocycles. The third-order valence-corrected chi connectivity index (χ3v) is 4.36. The summed E-state index contributed by atoms with van der Waals surface area (Å²) in [6.07, 6.45) is 8.43. The zero-order valence-corrected chi connectivity index (χ0v) is 15.5. The number of carbonyl (C=O) groups is 1. The minimum absolute atomic E-state index is 0.180. The number of pyridine rings is 2. The minimum Gasteiger partial charge on any atom is -0.354 e. The molecule has 1 unspecified atom stereocenters. The maximum absolute atomic E-state index is 13.7. The number of nitrogens with one attached hydrogen (secondary N) is 2. The monoisotopic (exact) mass is 378 g/mol. The summed E-state index contributed by atoms with van der Waals surface area (Å²) in [5, 5.41) is 6.18. The van der Waals surface area contributed by atoms with Crippen molar-refractivity contribution in [3.05, 3.63) is 95.8 Å². The van der Waals surface area contributed by atoms with Gasteiger partial charge in [0.1, 0.15) is 11.9 Å². The van der Waals surface area contributed by atoms with Crippen LogP contribution in [0.5, 0.6) is 0 Å². The van der Waals surface area contributed by atoms with Gasteiger partial charge in [0, 0.05) is 37.9 Å². The largest absolute Gasteiger partial charge is 0.354 e. The van der Waals surface area contributed by atoms with Crippen LogP contribution in [0, 0.1) is 5.82 Å². The van der Waals surface area contributed by atoms with Crippen molar-refractivity contribution in [2.45, 2.75) is 18.9 Å². The molecule has 0 saturated carbocycles. The van der Waals surface area contributed by atoms with E-state index < -0.39 is 6.04 Å². The van der Waals surface area contributed by atoms with Crippen LogP contribution in [0.2, 0.25) is 0 Å². The summed E-state index contributed by atoms with van der Waals surface area (Å²) >= 11 is 0. The second kappa shape index (κ2) is 10.3. The number of halogens is 1. The lowest BCUT2D eigenvalue weighted by Crippen LogP contribution is -2.39. The summed E-state index contributed by atoms with van der Waals surface area (Å²) < 4.78 is 13.7. The van der Waals surface area contributed by atoms with Gasteiger partial charge in [-0.2, -0.15) is 0 Å². The van der Waals surface area contributed by atoms with Crippen LogP contribution in [-0.2, 0) is 17.6 Å². The Bertz CT molecular complexity index is 874. The van der Waals surface area contributed by atoms with Crippen molar-refractivity contribution in [3.63, 3.8) is 0 Å². The lowest BCUT2D eigenvalue weighted by atomic mass is 10.1. The van der Waals surface area contributed by atoms with Crippen molar-refractivity contribution in [1.29, 1.82) is 0 Å². The highest BCUT2D eigenvalue weighted by Gasteiger charge is 2.20. The van der Waals surface area contributed by atoms with Crippen LogP contribution in [0.15, 0.2) is 73.3 Å². The first-order valence-corrected chi connectivity index (χ1v) is 9.27. The quantitative estimate of drug-likeness (QED) is 0.601. The van der Waals surface area contributed by atoms with E-state index in [1.165, 1.54) is 12.1 Å². The first-order valence-electron chi connectivity index (χ1n) is 9.27. The molecule has 0 saturated heterocycles. The fourth-order valence-electron chi connectivity index (χ4n) is 2.93. The van der Waals surface area contributed by atoms with Gasteiger partial charge in [0.05, 0.1) is 0 Å². The molecule has 0 fully saturated rings. The Labute approximate surface area is 164 Å². The molecule has 5 nitrogen and oxygen atoms in total. The third-order valence-electron chi connectivity index (χ3n) is 4.36. The van der Waals surface area contributed by atoms with Gasteiger partial charge in [0.15, 0.2) is 0 Å². The van der Waals surface area contributed by atoms with Gasteiger partial charge in [-0.1, -0.05) is 24.3 Å². The fourth-order valence-corrected chi connectivity index (χ4v) is 2.93. The molecule has 0 bridgehead atoms. The molecule has 1 atom stereocenters.